The summed E-state index contributed by atoms with van der Waals surface area (Å²) in [6.07, 6.45) is 0. The van der Waals surface area contributed by atoms with E-state index in [1.807, 2.05) is 0 Å². The minimum absolute atomic E-state index is 0.0727. The first-order valence-corrected chi connectivity index (χ1v) is 6.42. The SMILES string of the molecule is Fc1cc(CCl)cc(OCc2c(F)cccc2Cl)c1. The zero-order valence-electron chi connectivity index (χ0n) is 9.80. The van der Waals surface area contributed by atoms with Gasteiger partial charge in [0.15, 0.2) is 0 Å². The molecule has 1 nitrogen and oxygen atoms in total. The Morgan fingerprint density at radius 1 is 1.11 bits per heavy atom. The highest BCUT2D eigenvalue weighted by Gasteiger charge is 2.08. The smallest absolute Gasteiger partial charge is 0.131 e. The van der Waals surface area contributed by atoms with Gasteiger partial charge in [0, 0.05) is 17.5 Å². The third-order valence-electron chi connectivity index (χ3n) is 2.53. The summed E-state index contributed by atoms with van der Waals surface area (Å²) in [6.45, 7) is -0.0727. The predicted octanol–water partition coefficient (Wildman–Crippen LogP) is 4.94. The highest BCUT2D eigenvalue weighted by molar-refractivity contribution is 6.31. The first-order chi connectivity index (χ1) is 9.10. The summed E-state index contributed by atoms with van der Waals surface area (Å²) in [4.78, 5) is 0. The van der Waals surface area contributed by atoms with Crippen LogP contribution in [0.4, 0.5) is 8.78 Å². The van der Waals surface area contributed by atoms with Gasteiger partial charge >= 0.3 is 0 Å². The lowest BCUT2D eigenvalue weighted by Gasteiger charge is -2.09. The van der Waals surface area contributed by atoms with E-state index < -0.39 is 11.6 Å². The van der Waals surface area contributed by atoms with Crippen molar-refractivity contribution < 1.29 is 13.5 Å². The van der Waals surface area contributed by atoms with Gasteiger partial charge in [-0.2, -0.15) is 0 Å². The fourth-order valence-electron chi connectivity index (χ4n) is 1.61. The molecule has 2 aromatic rings. The van der Waals surface area contributed by atoms with Crippen LogP contribution in [-0.2, 0) is 12.5 Å². The quantitative estimate of drug-likeness (QED) is 0.727. The topological polar surface area (TPSA) is 9.23 Å². The van der Waals surface area contributed by atoms with E-state index in [9.17, 15) is 8.78 Å². The summed E-state index contributed by atoms with van der Waals surface area (Å²) in [6, 6.07) is 8.50. The summed E-state index contributed by atoms with van der Waals surface area (Å²) >= 11 is 11.5. The Bertz CT molecular complexity index is 567. The first kappa shape index (κ1) is 14.1. The highest BCUT2D eigenvalue weighted by atomic mass is 35.5. The molecule has 0 amide bonds. The summed E-state index contributed by atoms with van der Waals surface area (Å²) in [5, 5.41) is 0.272. The molecule has 0 aliphatic carbocycles. The van der Waals surface area contributed by atoms with Crippen LogP contribution in [0.3, 0.4) is 0 Å². The molecule has 0 bridgehead atoms. The van der Waals surface area contributed by atoms with E-state index in [2.05, 4.69) is 0 Å². The maximum atomic E-state index is 13.5. The van der Waals surface area contributed by atoms with E-state index in [-0.39, 0.29) is 28.8 Å². The van der Waals surface area contributed by atoms with Gasteiger partial charge in [-0.3, -0.25) is 0 Å². The van der Waals surface area contributed by atoms with E-state index >= 15 is 0 Å². The molecule has 0 saturated heterocycles. The van der Waals surface area contributed by atoms with Gasteiger partial charge < -0.3 is 4.74 Å². The fourth-order valence-corrected chi connectivity index (χ4v) is 1.98. The Balaban J connectivity index is 2.16. The van der Waals surface area contributed by atoms with Gasteiger partial charge in [0.2, 0.25) is 0 Å². The van der Waals surface area contributed by atoms with E-state index in [1.54, 1.807) is 12.1 Å². The van der Waals surface area contributed by atoms with Crippen LogP contribution in [0.1, 0.15) is 11.1 Å². The van der Waals surface area contributed by atoms with Crippen molar-refractivity contribution in [2.45, 2.75) is 12.5 Å². The highest BCUT2D eigenvalue weighted by Crippen LogP contribution is 2.23. The third-order valence-corrected chi connectivity index (χ3v) is 3.19. The average molecular weight is 303 g/mol. The molecule has 0 heterocycles. The van der Waals surface area contributed by atoms with Crippen molar-refractivity contribution in [1.29, 1.82) is 0 Å². The zero-order chi connectivity index (χ0) is 13.8. The number of ether oxygens (including phenoxy) is 1. The van der Waals surface area contributed by atoms with Crippen LogP contribution in [0.15, 0.2) is 36.4 Å². The van der Waals surface area contributed by atoms with E-state index in [0.717, 1.165) is 0 Å². The molecule has 0 fully saturated rings. The standard InChI is InChI=1S/C14H10Cl2F2O/c15-7-9-4-10(17)6-11(5-9)19-8-12-13(16)2-1-3-14(12)18/h1-6H,7-8H2. The molecule has 19 heavy (non-hydrogen) atoms. The predicted molar refractivity (Wildman–Crippen MR) is 71.7 cm³/mol. The van der Waals surface area contributed by atoms with Crippen molar-refractivity contribution >= 4 is 23.2 Å². The van der Waals surface area contributed by atoms with Crippen LogP contribution in [0.25, 0.3) is 0 Å². The lowest BCUT2D eigenvalue weighted by Crippen LogP contribution is -2.00. The summed E-state index contributed by atoms with van der Waals surface area (Å²) < 4.78 is 32.1. The van der Waals surface area contributed by atoms with E-state index in [0.29, 0.717) is 5.56 Å². The van der Waals surface area contributed by atoms with E-state index in [1.165, 1.54) is 24.3 Å². The molecule has 100 valence electrons. The second-order valence-electron chi connectivity index (χ2n) is 3.92. The van der Waals surface area contributed by atoms with Crippen molar-refractivity contribution in [3.8, 4) is 5.75 Å². The normalized spacial score (nSPS) is 10.5. The van der Waals surface area contributed by atoms with Crippen LogP contribution in [0.5, 0.6) is 5.75 Å². The second-order valence-corrected chi connectivity index (χ2v) is 4.59. The Hall–Kier alpha value is -1.32. The monoisotopic (exact) mass is 302 g/mol. The summed E-state index contributed by atoms with van der Waals surface area (Å²) in [5.74, 6) is -0.446. The molecule has 0 atom stereocenters. The van der Waals surface area contributed by atoms with Gasteiger partial charge in [0.1, 0.15) is 24.0 Å². The van der Waals surface area contributed by atoms with Gasteiger partial charge in [0.25, 0.3) is 0 Å². The number of alkyl halides is 1. The average Bonchev–Trinajstić information content (AvgIpc) is 2.37. The zero-order valence-corrected chi connectivity index (χ0v) is 11.3. The van der Waals surface area contributed by atoms with Crippen LogP contribution in [0.2, 0.25) is 5.02 Å². The molecule has 0 aliphatic heterocycles. The second kappa shape index (κ2) is 6.22. The maximum absolute atomic E-state index is 13.5. The van der Waals surface area contributed by atoms with Gasteiger partial charge in [-0.05, 0) is 29.8 Å². The minimum Gasteiger partial charge on any atom is -0.489 e. The Labute approximate surface area is 119 Å². The first-order valence-electron chi connectivity index (χ1n) is 5.51. The number of halogens is 4. The molecule has 5 heteroatoms. The van der Waals surface area contributed by atoms with Crippen LogP contribution in [0, 0.1) is 11.6 Å². The summed E-state index contributed by atoms with van der Waals surface area (Å²) in [5.41, 5.74) is 0.831. The third kappa shape index (κ3) is 3.58. The van der Waals surface area contributed by atoms with E-state index in [4.69, 9.17) is 27.9 Å². The molecular weight excluding hydrogens is 293 g/mol. The molecular formula is C14H10Cl2F2O. The number of hydrogen-bond donors (Lipinski definition) is 0. The largest absolute Gasteiger partial charge is 0.489 e. The van der Waals surface area contributed by atoms with Crippen molar-refractivity contribution in [2.24, 2.45) is 0 Å². The number of benzene rings is 2. The van der Waals surface area contributed by atoms with Crippen molar-refractivity contribution in [3.63, 3.8) is 0 Å². The molecule has 0 spiro atoms. The van der Waals surface area contributed by atoms with Gasteiger partial charge in [-0.1, -0.05) is 17.7 Å². The van der Waals surface area contributed by atoms with Crippen LogP contribution < -0.4 is 4.74 Å². The summed E-state index contributed by atoms with van der Waals surface area (Å²) in [7, 11) is 0. The van der Waals surface area contributed by atoms with Crippen molar-refractivity contribution in [3.05, 3.63) is 64.2 Å². The van der Waals surface area contributed by atoms with Gasteiger partial charge in [-0.25, -0.2) is 8.78 Å². The Kier molecular flexibility index (Phi) is 4.61. The van der Waals surface area contributed by atoms with Gasteiger partial charge in [-0.15, -0.1) is 11.6 Å². The molecule has 0 radical (unpaired) electrons. The lowest BCUT2D eigenvalue weighted by atomic mass is 10.2. The Morgan fingerprint density at radius 2 is 1.89 bits per heavy atom. The Morgan fingerprint density at radius 3 is 2.58 bits per heavy atom. The maximum Gasteiger partial charge on any atom is 0.131 e. The molecule has 0 unspecified atom stereocenters. The van der Waals surface area contributed by atoms with Gasteiger partial charge in [0.05, 0.1) is 5.02 Å². The molecule has 0 N–H and O–H groups in total. The lowest BCUT2D eigenvalue weighted by molar-refractivity contribution is 0.298. The molecule has 0 saturated carbocycles. The molecule has 2 rings (SSSR count). The molecule has 0 aromatic heterocycles. The number of hydrogen-bond acceptors (Lipinski definition) is 1. The van der Waals surface area contributed by atoms with Crippen molar-refractivity contribution in [1.82, 2.24) is 0 Å². The van der Waals surface area contributed by atoms with Crippen molar-refractivity contribution in [2.75, 3.05) is 0 Å². The molecule has 0 aliphatic rings. The fraction of sp³-hybridized carbons (Fsp3) is 0.143. The van der Waals surface area contributed by atoms with Crippen LogP contribution >= 0.6 is 23.2 Å². The number of rotatable bonds is 4. The minimum atomic E-state index is -0.457. The molecule has 2 aromatic carbocycles. The van der Waals surface area contributed by atoms with Crippen LogP contribution in [-0.4, -0.2) is 0 Å².